The van der Waals surface area contributed by atoms with Crippen molar-refractivity contribution < 1.29 is 0 Å². The molecular weight excluding hydrogens is 78.1 g/mol. The van der Waals surface area contributed by atoms with E-state index in [1.807, 2.05) is 0 Å². The molecule has 3 heteroatoms. The maximum absolute atomic E-state index is 5.07. The Balaban J connectivity index is 3.22. The topological polar surface area (TPSA) is 64.4 Å². The van der Waals surface area contributed by atoms with Crippen LogP contribution in [-0.4, -0.2) is 12.3 Å². The summed E-state index contributed by atoms with van der Waals surface area (Å²) >= 11 is 0. The van der Waals surface area contributed by atoms with E-state index in [-0.39, 0.29) is 0 Å². The molecule has 6 heavy (non-hydrogen) atoms. The molecule has 0 spiro atoms. The first-order valence-electron chi connectivity index (χ1n) is 1.74. The molecule has 0 unspecified atom stereocenters. The van der Waals surface area contributed by atoms with Crippen LogP contribution in [0.4, 0.5) is 0 Å². The summed E-state index contributed by atoms with van der Waals surface area (Å²) in [7, 11) is 0. The van der Waals surface area contributed by atoms with Gasteiger partial charge < -0.3 is 11.6 Å². The van der Waals surface area contributed by atoms with Gasteiger partial charge in [0, 0.05) is 12.3 Å². The van der Waals surface area contributed by atoms with Crippen molar-refractivity contribution >= 4 is 5.71 Å². The average Bonchev–Trinajstić information content (AvgIpc) is 1.65. The van der Waals surface area contributed by atoms with Crippen LogP contribution in [0.15, 0.2) is 5.10 Å². The highest BCUT2D eigenvalue weighted by Gasteiger charge is 1.76. The predicted octanol–water partition coefficient (Wildman–Crippen LogP) is -0.720. The number of nitrogens with two attached hydrogens (primary N) is 2. The smallest absolute Gasteiger partial charge is 0.0480 e. The number of hydrogen-bond acceptors (Lipinski definition) is 3. The lowest BCUT2D eigenvalue weighted by atomic mass is 10.4. The summed E-state index contributed by atoms with van der Waals surface area (Å²) in [4.78, 5) is 0. The molecule has 0 bridgehead atoms. The minimum atomic E-state index is 0.455. The molecule has 0 aromatic rings. The molecule has 0 rings (SSSR count). The SMILES string of the molecule is C/C(CN)=N\N. The van der Waals surface area contributed by atoms with Crippen LogP contribution in [0.3, 0.4) is 0 Å². The van der Waals surface area contributed by atoms with E-state index in [2.05, 4.69) is 5.10 Å². The van der Waals surface area contributed by atoms with Gasteiger partial charge in [0.05, 0.1) is 0 Å². The minimum Gasteiger partial charge on any atom is -0.325 e. The summed E-state index contributed by atoms with van der Waals surface area (Å²) in [5.41, 5.74) is 5.84. The van der Waals surface area contributed by atoms with Crippen LogP contribution in [0.1, 0.15) is 6.92 Å². The van der Waals surface area contributed by atoms with Gasteiger partial charge in [-0.3, -0.25) is 0 Å². The number of hydrazone groups is 1. The fraction of sp³-hybridized carbons (Fsp3) is 0.667. The molecule has 0 aliphatic carbocycles. The third-order valence-electron chi connectivity index (χ3n) is 0.516. The van der Waals surface area contributed by atoms with Gasteiger partial charge in [-0.05, 0) is 6.92 Å². The zero-order valence-electron chi connectivity index (χ0n) is 3.81. The lowest BCUT2D eigenvalue weighted by molar-refractivity contribution is 1.18. The van der Waals surface area contributed by atoms with E-state index in [9.17, 15) is 0 Å². The highest BCUT2D eigenvalue weighted by Crippen LogP contribution is 1.60. The summed E-state index contributed by atoms with van der Waals surface area (Å²) in [6, 6.07) is 0. The highest BCUT2D eigenvalue weighted by molar-refractivity contribution is 5.83. The normalized spacial score (nSPS) is 12.0. The first-order chi connectivity index (χ1) is 2.81. The molecule has 36 valence electrons. The van der Waals surface area contributed by atoms with Crippen LogP contribution >= 0.6 is 0 Å². The lowest BCUT2D eigenvalue weighted by Gasteiger charge is -1.84. The molecule has 0 atom stereocenters. The monoisotopic (exact) mass is 87.1 g/mol. The van der Waals surface area contributed by atoms with Crippen molar-refractivity contribution in [3.63, 3.8) is 0 Å². The van der Waals surface area contributed by atoms with Crippen molar-refractivity contribution in [1.29, 1.82) is 0 Å². The first kappa shape index (κ1) is 5.43. The van der Waals surface area contributed by atoms with Crippen molar-refractivity contribution in [2.24, 2.45) is 16.7 Å². The zero-order chi connectivity index (χ0) is 4.99. The van der Waals surface area contributed by atoms with E-state index in [0.29, 0.717) is 6.54 Å². The molecule has 0 aromatic carbocycles. The second-order valence-corrected chi connectivity index (χ2v) is 1.07. The van der Waals surface area contributed by atoms with Crippen LogP contribution in [0, 0.1) is 0 Å². The van der Waals surface area contributed by atoms with E-state index in [1.54, 1.807) is 6.92 Å². The molecule has 0 radical (unpaired) electrons. The molecule has 0 saturated heterocycles. The molecule has 0 aliphatic rings. The van der Waals surface area contributed by atoms with Crippen LogP contribution in [0.5, 0.6) is 0 Å². The second kappa shape index (κ2) is 2.66. The molecule has 0 saturated carbocycles. The van der Waals surface area contributed by atoms with Crippen LogP contribution in [0.25, 0.3) is 0 Å². The molecule has 3 nitrogen and oxygen atoms in total. The molecule has 4 N–H and O–H groups in total. The Bertz CT molecular complexity index is 57.1. The van der Waals surface area contributed by atoms with E-state index in [4.69, 9.17) is 11.6 Å². The summed E-state index contributed by atoms with van der Waals surface area (Å²) in [6.45, 7) is 2.23. The van der Waals surface area contributed by atoms with Crippen LogP contribution < -0.4 is 11.6 Å². The molecule has 0 aliphatic heterocycles. The van der Waals surface area contributed by atoms with Crippen molar-refractivity contribution in [2.75, 3.05) is 6.54 Å². The van der Waals surface area contributed by atoms with Gasteiger partial charge in [-0.25, -0.2) is 0 Å². The number of hydrogen-bond donors (Lipinski definition) is 2. The van der Waals surface area contributed by atoms with Gasteiger partial charge >= 0.3 is 0 Å². The van der Waals surface area contributed by atoms with Crippen molar-refractivity contribution in [3.8, 4) is 0 Å². The lowest BCUT2D eigenvalue weighted by Crippen LogP contribution is -2.11. The van der Waals surface area contributed by atoms with E-state index < -0.39 is 0 Å². The number of rotatable bonds is 1. The Kier molecular flexibility index (Phi) is 2.40. The highest BCUT2D eigenvalue weighted by atomic mass is 15.1. The van der Waals surface area contributed by atoms with Crippen molar-refractivity contribution in [2.45, 2.75) is 6.92 Å². The molecule has 0 amide bonds. The van der Waals surface area contributed by atoms with Gasteiger partial charge in [0.1, 0.15) is 0 Å². The maximum atomic E-state index is 5.07. The van der Waals surface area contributed by atoms with Gasteiger partial charge in [-0.15, -0.1) is 0 Å². The maximum Gasteiger partial charge on any atom is 0.0480 e. The van der Waals surface area contributed by atoms with E-state index in [0.717, 1.165) is 5.71 Å². The third kappa shape index (κ3) is 1.72. The predicted molar refractivity (Wildman–Crippen MR) is 26.4 cm³/mol. The summed E-state index contributed by atoms with van der Waals surface area (Å²) < 4.78 is 0. The van der Waals surface area contributed by atoms with Gasteiger partial charge in [0.2, 0.25) is 0 Å². The Morgan fingerprint density at radius 2 is 2.33 bits per heavy atom. The number of nitrogens with zero attached hydrogens (tertiary/aromatic N) is 1. The Labute approximate surface area is 37.0 Å². The van der Waals surface area contributed by atoms with Gasteiger partial charge in [-0.1, -0.05) is 0 Å². The van der Waals surface area contributed by atoms with Crippen molar-refractivity contribution in [1.82, 2.24) is 0 Å². The van der Waals surface area contributed by atoms with Gasteiger partial charge in [-0.2, -0.15) is 5.10 Å². The Morgan fingerprint density at radius 1 is 1.83 bits per heavy atom. The molecular formula is C3H9N3. The molecule has 0 heterocycles. The largest absolute Gasteiger partial charge is 0.325 e. The fourth-order valence-corrected chi connectivity index (χ4v) is 0.0527. The third-order valence-corrected chi connectivity index (χ3v) is 0.516. The Hall–Kier alpha value is -0.570. The molecule has 0 fully saturated rings. The van der Waals surface area contributed by atoms with Crippen LogP contribution in [-0.2, 0) is 0 Å². The first-order valence-corrected chi connectivity index (χ1v) is 1.74. The molecule has 0 aromatic heterocycles. The van der Waals surface area contributed by atoms with Crippen LogP contribution in [0.2, 0.25) is 0 Å². The average molecular weight is 87.1 g/mol. The van der Waals surface area contributed by atoms with Gasteiger partial charge in [0.15, 0.2) is 0 Å². The second-order valence-electron chi connectivity index (χ2n) is 1.07. The summed E-state index contributed by atoms with van der Waals surface area (Å²) in [6.07, 6.45) is 0. The van der Waals surface area contributed by atoms with Gasteiger partial charge in [0.25, 0.3) is 0 Å². The minimum absolute atomic E-state index is 0.455. The van der Waals surface area contributed by atoms with E-state index in [1.165, 1.54) is 0 Å². The zero-order valence-corrected chi connectivity index (χ0v) is 3.81. The Morgan fingerprint density at radius 3 is 2.33 bits per heavy atom. The summed E-state index contributed by atoms with van der Waals surface area (Å²) in [5, 5.41) is 3.30. The van der Waals surface area contributed by atoms with E-state index >= 15 is 0 Å². The summed E-state index contributed by atoms with van der Waals surface area (Å²) in [5.74, 6) is 4.79. The van der Waals surface area contributed by atoms with Crippen molar-refractivity contribution in [3.05, 3.63) is 0 Å². The quantitative estimate of drug-likeness (QED) is 0.252. The standard InChI is InChI=1S/C3H9N3/c1-3(2-4)6-5/h2,4-5H2,1H3/b6-3+. The fourth-order valence-electron chi connectivity index (χ4n) is 0.0527.